The van der Waals surface area contributed by atoms with Crippen LogP contribution in [0.2, 0.25) is 0 Å². The van der Waals surface area contributed by atoms with Crippen molar-refractivity contribution in [3.63, 3.8) is 0 Å². The Morgan fingerprint density at radius 3 is 2.50 bits per heavy atom. The molecular weight excluding hydrogens is 356 g/mol. The average molecular weight is 378 g/mol. The number of carboxylic acids is 2. The van der Waals surface area contributed by atoms with E-state index < -0.39 is 11.9 Å². The van der Waals surface area contributed by atoms with Crippen molar-refractivity contribution in [3.8, 4) is 11.4 Å². The molecule has 2 N–H and O–H groups in total. The topological polar surface area (TPSA) is 92.4 Å². The van der Waals surface area contributed by atoms with Crippen molar-refractivity contribution >= 4 is 22.8 Å². The molecule has 2 heterocycles. The summed E-state index contributed by atoms with van der Waals surface area (Å²) in [6.45, 7) is -0.238. The highest BCUT2D eigenvalue weighted by Crippen LogP contribution is 2.43. The van der Waals surface area contributed by atoms with Crippen molar-refractivity contribution < 1.29 is 19.8 Å². The van der Waals surface area contributed by atoms with Gasteiger partial charge in [0.2, 0.25) is 0 Å². The van der Waals surface area contributed by atoms with E-state index in [1.807, 2.05) is 24.3 Å². The second-order valence-electron chi connectivity index (χ2n) is 7.33. The molecule has 0 spiro atoms. The monoisotopic (exact) mass is 378 g/mol. The van der Waals surface area contributed by atoms with E-state index in [1.54, 1.807) is 22.9 Å². The molecule has 0 bridgehead atoms. The van der Waals surface area contributed by atoms with E-state index in [4.69, 9.17) is 0 Å². The SMILES string of the molecule is O=C(O)Cn1c(-c2ccccn2)c(C2CCCCC2)c2ccc(C(=O)O)cc21. The molecule has 28 heavy (non-hydrogen) atoms. The molecule has 0 amide bonds. The number of fused-ring (bicyclic) bond motifs is 1. The van der Waals surface area contributed by atoms with Gasteiger partial charge in [-0.3, -0.25) is 9.78 Å². The number of carbonyl (C=O) groups is 2. The third-order valence-electron chi connectivity index (χ3n) is 5.56. The third kappa shape index (κ3) is 3.26. The number of aromatic nitrogens is 2. The van der Waals surface area contributed by atoms with Crippen LogP contribution < -0.4 is 0 Å². The van der Waals surface area contributed by atoms with E-state index in [9.17, 15) is 19.8 Å². The Bertz CT molecular complexity index is 1030. The number of pyridine rings is 1. The third-order valence-corrected chi connectivity index (χ3v) is 5.56. The molecular formula is C22H22N2O4. The Hall–Kier alpha value is -3.15. The molecule has 1 aliphatic rings. The molecule has 1 fully saturated rings. The van der Waals surface area contributed by atoms with Crippen LogP contribution in [0.15, 0.2) is 42.6 Å². The van der Waals surface area contributed by atoms with Gasteiger partial charge >= 0.3 is 11.9 Å². The molecule has 4 rings (SSSR count). The lowest BCUT2D eigenvalue weighted by Gasteiger charge is -2.23. The quantitative estimate of drug-likeness (QED) is 0.680. The van der Waals surface area contributed by atoms with Crippen LogP contribution in [0.4, 0.5) is 0 Å². The summed E-state index contributed by atoms with van der Waals surface area (Å²) in [6.07, 6.45) is 7.30. The van der Waals surface area contributed by atoms with Crippen LogP contribution >= 0.6 is 0 Å². The standard InChI is InChI=1S/C22H22N2O4/c25-19(26)13-24-18-12-15(22(27)28)9-10-16(18)20(14-6-2-1-3-7-14)21(24)17-8-4-5-11-23-17/h4-5,8-12,14H,1-3,6-7,13H2,(H,25,26)(H,27,28). The lowest BCUT2D eigenvalue weighted by molar-refractivity contribution is -0.137. The maximum absolute atomic E-state index is 11.6. The zero-order valence-corrected chi connectivity index (χ0v) is 15.5. The lowest BCUT2D eigenvalue weighted by atomic mass is 9.82. The van der Waals surface area contributed by atoms with Gasteiger partial charge in [0.15, 0.2) is 0 Å². The highest BCUT2D eigenvalue weighted by Gasteiger charge is 2.28. The second-order valence-corrected chi connectivity index (χ2v) is 7.33. The highest BCUT2D eigenvalue weighted by atomic mass is 16.4. The number of rotatable bonds is 5. The predicted octanol–water partition coefficient (Wildman–Crippen LogP) is 4.53. The average Bonchev–Trinajstić information content (AvgIpc) is 3.02. The first-order valence-corrected chi connectivity index (χ1v) is 9.59. The highest BCUT2D eigenvalue weighted by molar-refractivity contribution is 5.98. The summed E-state index contributed by atoms with van der Waals surface area (Å²) in [6, 6.07) is 10.6. The van der Waals surface area contributed by atoms with Crippen molar-refractivity contribution in [1.29, 1.82) is 0 Å². The van der Waals surface area contributed by atoms with Crippen LogP contribution in [0.1, 0.15) is 53.9 Å². The van der Waals surface area contributed by atoms with E-state index in [1.165, 1.54) is 6.42 Å². The maximum atomic E-state index is 11.6. The van der Waals surface area contributed by atoms with Gasteiger partial charge in [-0.05, 0) is 48.6 Å². The van der Waals surface area contributed by atoms with Crippen molar-refractivity contribution in [1.82, 2.24) is 9.55 Å². The van der Waals surface area contributed by atoms with E-state index in [0.717, 1.165) is 48.0 Å². The van der Waals surface area contributed by atoms with Gasteiger partial charge in [-0.25, -0.2) is 4.79 Å². The van der Waals surface area contributed by atoms with Crippen LogP contribution in [0.5, 0.6) is 0 Å². The van der Waals surface area contributed by atoms with Gasteiger partial charge in [-0.2, -0.15) is 0 Å². The molecule has 6 nitrogen and oxygen atoms in total. The predicted molar refractivity (Wildman–Crippen MR) is 106 cm³/mol. The van der Waals surface area contributed by atoms with E-state index in [-0.39, 0.29) is 12.1 Å². The lowest BCUT2D eigenvalue weighted by Crippen LogP contribution is -2.12. The molecule has 6 heteroatoms. The summed E-state index contributed by atoms with van der Waals surface area (Å²) in [5.41, 5.74) is 3.42. The molecule has 0 unspecified atom stereocenters. The molecule has 0 atom stereocenters. The molecule has 3 aromatic rings. The van der Waals surface area contributed by atoms with Crippen molar-refractivity contribution in [2.24, 2.45) is 0 Å². The molecule has 144 valence electrons. The van der Waals surface area contributed by atoms with Crippen LogP contribution in [-0.4, -0.2) is 31.7 Å². The summed E-state index contributed by atoms with van der Waals surface area (Å²) < 4.78 is 1.72. The van der Waals surface area contributed by atoms with Gasteiger partial charge in [0.1, 0.15) is 6.54 Å². The molecule has 1 aromatic carbocycles. The summed E-state index contributed by atoms with van der Waals surface area (Å²) in [7, 11) is 0. The summed E-state index contributed by atoms with van der Waals surface area (Å²) in [5.74, 6) is -1.67. The number of hydrogen-bond acceptors (Lipinski definition) is 3. The number of benzene rings is 1. The minimum Gasteiger partial charge on any atom is -0.480 e. The smallest absolute Gasteiger partial charge is 0.335 e. The van der Waals surface area contributed by atoms with Crippen molar-refractivity contribution in [3.05, 3.63) is 53.7 Å². The van der Waals surface area contributed by atoms with Gasteiger partial charge < -0.3 is 14.8 Å². The Kier molecular flexibility index (Phi) is 4.86. The Morgan fingerprint density at radius 2 is 1.86 bits per heavy atom. The normalized spacial score (nSPS) is 15.0. The fourth-order valence-corrected chi connectivity index (χ4v) is 4.39. The van der Waals surface area contributed by atoms with Crippen molar-refractivity contribution in [2.45, 2.75) is 44.6 Å². The number of hydrogen-bond donors (Lipinski definition) is 2. The molecule has 2 aromatic heterocycles. The second kappa shape index (κ2) is 7.46. The summed E-state index contributed by atoms with van der Waals surface area (Å²) in [4.78, 5) is 27.6. The van der Waals surface area contributed by atoms with E-state index >= 15 is 0 Å². The zero-order valence-electron chi connectivity index (χ0n) is 15.5. The molecule has 0 radical (unpaired) electrons. The first-order chi connectivity index (χ1) is 13.6. The first-order valence-electron chi connectivity index (χ1n) is 9.59. The van der Waals surface area contributed by atoms with Gasteiger partial charge in [-0.1, -0.05) is 31.4 Å². The molecule has 1 aliphatic carbocycles. The minimum absolute atomic E-state index is 0.152. The summed E-state index contributed by atoms with van der Waals surface area (Å²) in [5, 5.41) is 19.9. The molecule has 0 aliphatic heterocycles. The fraction of sp³-hybridized carbons (Fsp3) is 0.318. The van der Waals surface area contributed by atoms with Crippen LogP contribution in [0.25, 0.3) is 22.3 Å². The minimum atomic E-state index is -1.02. The van der Waals surface area contributed by atoms with Gasteiger partial charge in [0.25, 0.3) is 0 Å². The van der Waals surface area contributed by atoms with Crippen LogP contribution in [0, 0.1) is 0 Å². The largest absolute Gasteiger partial charge is 0.480 e. The Morgan fingerprint density at radius 1 is 1.07 bits per heavy atom. The zero-order chi connectivity index (χ0) is 19.7. The van der Waals surface area contributed by atoms with Gasteiger partial charge in [-0.15, -0.1) is 0 Å². The molecule has 0 saturated heterocycles. The number of nitrogens with zero attached hydrogens (tertiary/aromatic N) is 2. The maximum Gasteiger partial charge on any atom is 0.335 e. The summed E-state index contributed by atoms with van der Waals surface area (Å²) >= 11 is 0. The van der Waals surface area contributed by atoms with Crippen molar-refractivity contribution in [2.75, 3.05) is 0 Å². The van der Waals surface area contributed by atoms with Gasteiger partial charge in [0.05, 0.1) is 22.5 Å². The fourth-order valence-electron chi connectivity index (χ4n) is 4.39. The van der Waals surface area contributed by atoms with E-state index in [2.05, 4.69) is 4.98 Å². The molecule has 1 saturated carbocycles. The van der Waals surface area contributed by atoms with Gasteiger partial charge in [0, 0.05) is 11.6 Å². The Labute approximate surface area is 162 Å². The Balaban J connectivity index is 2.05. The number of aliphatic carboxylic acids is 1. The number of carboxylic acid groups (broad SMARTS) is 2. The van der Waals surface area contributed by atoms with E-state index in [0.29, 0.717) is 11.4 Å². The first kappa shape index (κ1) is 18.2. The van der Waals surface area contributed by atoms with Crippen LogP contribution in [0.3, 0.4) is 0 Å². The van der Waals surface area contributed by atoms with Crippen LogP contribution in [-0.2, 0) is 11.3 Å². The number of aromatic carboxylic acids is 1.